The largest absolute Gasteiger partial charge is 0.439 e. The fraction of sp³-hybridized carbons (Fsp3) is 0. The van der Waals surface area contributed by atoms with E-state index < -0.39 is 4.92 Å². The molecule has 5 nitrogen and oxygen atoms in total. The lowest BCUT2D eigenvalue weighted by Crippen LogP contribution is -1.93. The number of aromatic nitrogens is 1. The van der Waals surface area contributed by atoms with E-state index in [0.29, 0.717) is 5.75 Å². The van der Waals surface area contributed by atoms with Gasteiger partial charge in [0.15, 0.2) is 0 Å². The van der Waals surface area contributed by atoms with Gasteiger partial charge in [0.2, 0.25) is 5.88 Å². The fourth-order valence-corrected chi connectivity index (χ4v) is 1.70. The lowest BCUT2D eigenvalue weighted by molar-refractivity contribution is -0.385. The number of rotatable bonds is 3. The SMILES string of the molecule is O=[N+]([O-])c1cc(Cl)nc(Oc2ccc(Br)cc2)c1. The zero-order valence-corrected chi connectivity index (χ0v) is 11.2. The Morgan fingerprint density at radius 2 is 1.94 bits per heavy atom. The van der Waals surface area contributed by atoms with Gasteiger partial charge in [-0.25, -0.2) is 4.98 Å². The Morgan fingerprint density at radius 1 is 1.28 bits per heavy atom. The second kappa shape index (κ2) is 5.32. The summed E-state index contributed by atoms with van der Waals surface area (Å²) < 4.78 is 6.29. The summed E-state index contributed by atoms with van der Waals surface area (Å²) in [6.07, 6.45) is 0. The zero-order chi connectivity index (χ0) is 13.1. The Labute approximate surface area is 116 Å². The van der Waals surface area contributed by atoms with Gasteiger partial charge in [-0.3, -0.25) is 10.1 Å². The summed E-state index contributed by atoms with van der Waals surface area (Å²) in [5.41, 5.74) is -0.165. The first-order valence-corrected chi connectivity index (χ1v) is 5.97. The minimum Gasteiger partial charge on any atom is -0.439 e. The average molecular weight is 330 g/mol. The zero-order valence-electron chi connectivity index (χ0n) is 8.84. The van der Waals surface area contributed by atoms with Crippen LogP contribution in [0.15, 0.2) is 40.9 Å². The highest BCUT2D eigenvalue weighted by Crippen LogP contribution is 2.26. The molecule has 2 aromatic rings. The molecule has 0 atom stereocenters. The lowest BCUT2D eigenvalue weighted by Gasteiger charge is -2.04. The number of halogens is 2. The van der Waals surface area contributed by atoms with Crippen molar-refractivity contribution in [1.82, 2.24) is 4.98 Å². The van der Waals surface area contributed by atoms with E-state index >= 15 is 0 Å². The van der Waals surface area contributed by atoms with Crippen molar-refractivity contribution in [2.24, 2.45) is 0 Å². The Balaban J connectivity index is 2.28. The normalized spacial score (nSPS) is 10.1. The van der Waals surface area contributed by atoms with Gasteiger partial charge in [0, 0.05) is 4.47 Å². The molecule has 0 unspecified atom stereocenters. The first-order valence-electron chi connectivity index (χ1n) is 4.80. The molecule has 18 heavy (non-hydrogen) atoms. The number of hydrogen-bond donors (Lipinski definition) is 0. The van der Waals surface area contributed by atoms with E-state index in [1.165, 1.54) is 6.07 Å². The van der Waals surface area contributed by atoms with Crippen LogP contribution in [0, 0.1) is 10.1 Å². The number of ether oxygens (including phenoxy) is 1. The quantitative estimate of drug-likeness (QED) is 0.481. The summed E-state index contributed by atoms with van der Waals surface area (Å²) in [6.45, 7) is 0. The van der Waals surface area contributed by atoms with Gasteiger partial charge in [-0.1, -0.05) is 27.5 Å². The molecule has 0 N–H and O–H groups in total. The highest BCUT2D eigenvalue weighted by Gasteiger charge is 2.11. The molecule has 1 aromatic heterocycles. The molecular formula is C11H6BrClN2O3. The third-order valence-electron chi connectivity index (χ3n) is 2.00. The Hall–Kier alpha value is -1.66. The lowest BCUT2D eigenvalue weighted by atomic mass is 10.3. The van der Waals surface area contributed by atoms with Gasteiger partial charge in [0.25, 0.3) is 5.69 Å². The summed E-state index contributed by atoms with van der Waals surface area (Å²) in [5.74, 6) is 0.596. The van der Waals surface area contributed by atoms with Crippen molar-refractivity contribution in [2.75, 3.05) is 0 Å². The van der Waals surface area contributed by atoms with Gasteiger partial charge in [0.05, 0.1) is 17.1 Å². The maximum Gasteiger partial charge on any atom is 0.277 e. The molecule has 0 saturated heterocycles. The predicted octanol–water partition coefficient (Wildman–Crippen LogP) is 4.20. The molecule has 1 heterocycles. The Morgan fingerprint density at radius 3 is 2.56 bits per heavy atom. The van der Waals surface area contributed by atoms with Gasteiger partial charge in [-0.15, -0.1) is 0 Å². The molecule has 0 spiro atoms. The molecule has 0 amide bonds. The maximum atomic E-state index is 10.7. The van der Waals surface area contributed by atoms with E-state index in [1.54, 1.807) is 24.3 Å². The molecule has 1 aromatic carbocycles. The number of hydrogen-bond acceptors (Lipinski definition) is 4. The average Bonchev–Trinajstić information content (AvgIpc) is 2.31. The highest BCUT2D eigenvalue weighted by molar-refractivity contribution is 9.10. The van der Waals surface area contributed by atoms with E-state index in [1.807, 2.05) is 0 Å². The molecule has 0 aliphatic rings. The first-order chi connectivity index (χ1) is 8.54. The van der Waals surface area contributed by atoms with E-state index in [0.717, 1.165) is 10.5 Å². The molecule has 0 radical (unpaired) electrons. The van der Waals surface area contributed by atoms with Crippen molar-refractivity contribution in [1.29, 1.82) is 0 Å². The van der Waals surface area contributed by atoms with E-state index in [4.69, 9.17) is 16.3 Å². The van der Waals surface area contributed by atoms with Gasteiger partial charge in [-0.05, 0) is 24.3 Å². The molecule has 0 bridgehead atoms. The maximum absolute atomic E-state index is 10.7. The third kappa shape index (κ3) is 3.18. The van der Waals surface area contributed by atoms with Gasteiger partial charge < -0.3 is 4.74 Å². The van der Waals surface area contributed by atoms with Gasteiger partial charge in [-0.2, -0.15) is 0 Å². The van der Waals surface area contributed by atoms with E-state index in [2.05, 4.69) is 20.9 Å². The van der Waals surface area contributed by atoms with Crippen LogP contribution in [0.4, 0.5) is 5.69 Å². The second-order valence-corrected chi connectivity index (χ2v) is 4.60. The first kappa shape index (κ1) is 12.8. The number of nitro groups is 1. The summed E-state index contributed by atoms with van der Waals surface area (Å²) in [6, 6.07) is 9.36. The van der Waals surface area contributed by atoms with Crippen LogP contribution in [0.25, 0.3) is 0 Å². The molecule has 0 fully saturated rings. The summed E-state index contributed by atoms with van der Waals surface area (Å²) in [5, 5.41) is 10.7. The topological polar surface area (TPSA) is 65.3 Å². The molecule has 0 aliphatic heterocycles. The minimum atomic E-state index is -0.554. The molecule has 0 aliphatic carbocycles. The minimum absolute atomic E-state index is 0.0105. The van der Waals surface area contributed by atoms with Crippen molar-refractivity contribution in [3.05, 3.63) is 56.1 Å². The number of pyridine rings is 1. The van der Waals surface area contributed by atoms with Crippen molar-refractivity contribution in [3.8, 4) is 11.6 Å². The van der Waals surface area contributed by atoms with Crippen molar-refractivity contribution >= 4 is 33.2 Å². The van der Waals surface area contributed by atoms with Crippen molar-refractivity contribution in [3.63, 3.8) is 0 Å². The Bertz CT molecular complexity index is 589. The van der Waals surface area contributed by atoms with Gasteiger partial charge in [0.1, 0.15) is 10.9 Å². The van der Waals surface area contributed by atoms with Crippen LogP contribution < -0.4 is 4.74 Å². The summed E-state index contributed by atoms with van der Waals surface area (Å²) in [4.78, 5) is 14.0. The van der Waals surface area contributed by atoms with Crippen LogP contribution >= 0.6 is 27.5 Å². The smallest absolute Gasteiger partial charge is 0.277 e. The second-order valence-electron chi connectivity index (χ2n) is 3.30. The van der Waals surface area contributed by atoms with Crippen LogP contribution in [0.1, 0.15) is 0 Å². The molecule has 2 rings (SSSR count). The summed E-state index contributed by atoms with van der Waals surface area (Å²) >= 11 is 8.97. The van der Waals surface area contributed by atoms with Crippen LogP contribution in [0.3, 0.4) is 0 Å². The van der Waals surface area contributed by atoms with E-state index in [9.17, 15) is 10.1 Å². The van der Waals surface area contributed by atoms with E-state index in [-0.39, 0.29) is 16.7 Å². The highest BCUT2D eigenvalue weighted by atomic mass is 79.9. The number of nitrogens with zero attached hydrogens (tertiary/aromatic N) is 2. The van der Waals surface area contributed by atoms with Crippen LogP contribution in [0.5, 0.6) is 11.6 Å². The molecule has 0 saturated carbocycles. The molecule has 7 heteroatoms. The third-order valence-corrected chi connectivity index (χ3v) is 2.72. The van der Waals surface area contributed by atoms with Crippen molar-refractivity contribution < 1.29 is 9.66 Å². The predicted molar refractivity (Wildman–Crippen MR) is 70.1 cm³/mol. The monoisotopic (exact) mass is 328 g/mol. The van der Waals surface area contributed by atoms with Crippen LogP contribution in [-0.2, 0) is 0 Å². The fourth-order valence-electron chi connectivity index (χ4n) is 1.24. The van der Waals surface area contributed by atoms with Crippen LogP contribution in [0.2, 0.25) is 5.15 Å². The molecule has 92 valence electrons. The Kier molecular flexibility index (Phi) is 3.78. The van der Waals surface area contributed by atoms with Gasteiger partial charge >= 0.3 is 0 Å². The molecular weight excluding hydrogens is 323 g/mol. The van der Waals surface area contributed by atoms with Crippen LogP contribution in [-0.4, -0.2) is 9.91 Å². The van der Waals surface area contributed by atoms with Crippen molar-refractivity contribution in [2.45, 2.75) is 0 Å². The number of benzene rings is 1. The standard InChI is InChI=1S/C11H6BrClN2O3/c12-7-1-3-9(4-2-7)18-11-6-8(15(16)17)5-10(13)14-11/h1-6H. The summed E-state index contributed by atoms with van der Waals surface area (Å²) in [7, 11) is 0.